The van der Waals surface area contributed by atoms with Crippen LogP contribution in [-0.4, -0.2) is 34.1 Å². The molecule has 1 saturated carbocycles. The van der Waals surface area contributed by atoms with E-state index >= 15 is 0 Å². The van der Waals surface area contributed by atoms with Crippen LogP contribution in [0.3, 0.4) is 0 Å². The molecule has 1 fully saturated rings. The molecule has 1 aliphatic rings. The van der Waals surface area contributed by atoms with Gasteiger partial charge in [-0.2, -0.15) is 0 Å². The molecule has 2 rings (SSSR count). The Kier molecular flexibility index (Phi) is 4.13. The van der Waals surface area contributed by atoms with Crippen molar-refractivity contribution < 1.29 is 9.53 Å². The van der Waals surface area contributed by atoms with Crippen molar-refractivity contribution >= 4 is 27.7 Å². The van der Waals surface area contributed by atoms with Gasteiger partial charge >= 0.3 is 0 Å². The monoisotopic (exact) mass is 342 g/mol. The highest BCUT2D eigenvalue weighted by molar-refractivity contribution is 9.10. The first-order valence-corrected chi connectivity index (χ1v) is 7.30. The summed E-state index contributed by atoms with van der Waals surface area (Å²) in [6.45, 7) is 6.45. The van der Waals surface area contributed by atoms with E-state index in [1.165, 1.54) is 12.4 Å². The maximum atomic E-state index is 12.4. The van der Waals surface area contributed by atoms with Crippen LogP contribution in [0.15, 0.2) is 17.0 Å². The molecule has 1 aliphatic carbocycles. The van der Waals surface area contributed by atoms with E-state index in [1.807, 2.05) is 20.8 Å². The number of ether oxygens (including phenoxy) is 1. The number of aromatic nitrogens is 2. The number of nitrogens with zero attached hydrogens (tertiary/aromatic N) is 2. The molecule has 6 nitrogen and oxygen atoms in total. The molecule has 0 radical (unpaired) electrons. The second-order valence-electron chi connectivity index (χ2n) is 5.52. The number of carbonyl (C=O) groups excluding carboxylic acids is 1. The Morgan fingerprint density at radius 3 is 2.75 bits per heavy atom. The molecule has 7 heteroatoms. The minimum Gasteiger partial charge on any atom is -0.378 e. The molecule has 0 aromatic carbocycles. The molecule has 20 heavy (non-hydrogen) atoms. The largest absolute Gasteiger partial charge is 0.378 e. The van der Waals surface area contributed by atoms with Gasteiger partial charge in [-0.05, 0) is 22.9 Å². The van der Waals surface area contributed by atoms with E-state index in [1.54, 1.807) is 0 Å². The highest BCUT2D eigenvalue weighted by Gasteiger charge is 2.62. The van der Waals surface area contributed by atoms with Crippen LogP contribution in [0.25, 0.3) is 0 Å². The molecule has 2 unspecified atom stereocenters. The van der Waals surface area contributed by atoms with Crippen molar-refractivity contribution in [3.63, 3.8) is 0 Å². The summed E-state index contributed by atoms with van der Waals surface area (Å²) in [6, 6.07) is 0. The second kappa shape index (κ2) is 5.38. The van der Waals surface area contributed by atoms with Gasteiger partial charge in [0.1, 0.15) is 10.1 Å². The van der Waals surface area contributed by atoms with Gasteiger partial charge in [0.25, 0.3) is 0 Å². The molecule has 0 spiro atoms. The zero-order chi connectivity index (χ0) is 15.0. The van der Waals surface area contributed by atoms with E-state index in [9.17, 15) is 4.79 Å². The first-order chi connectivity index (χ1) is 9.31. The van der Waals surface area contributed by atoms with E-state index < -0.39 is 11.0 Å². The molecular formula is C13H19BrN4O2. The maximum absolute atomic E-state index is 12.4. The molecule has 0 aliphatic heterocycles. The third-order valence-electron chi connectivity index (χ3n) is 4.10. The van der Waals surface area contributed by atoms with Crippen LogP contribution >= 0.6 is 15.9 Å². The molecule has 110 valence electrons. The molecule has 0 saturated heterocycles. The van der Waals surface area contributed by atoms with Gasteiger partial charge in [-0.25, -0.2) is 9.97 Å². The maximum Gasteiger partial charge on any atom is 0.246 e. The molecule has 3 N–H and O–H groups in total. The average molecular weight is 343 g/mol. The van der Waals surface area contributed by atoms with Crippen molar-refractivity contribution in [2.45, 2.75) is 38.8 Å². The van der Waals surface area contributed by atoms with Crippen molar-refractivity contribution in [3.05, 3.63) is 17.0 Å². The Balaban J connectivity index is 2.08. The Labute approximate surface area is 126 Å². The number of nitrogens with one attached hydrogen (secondary N) is 1. The van der Waals surface area contributed by atoms with Crippen LogP contribution in [0.4, 0.5) is 5.82 Å². The summed E-state index contributed by atoms with van der Waals surface area (Å²) >= 11 is 3.19. The number of carbonyl (C=O) groups is 1. The van der Waals surface area contributed by atoms with Gasteiger partial charge in [-0.15, -0.1) is 0 Å². The van der Waals surface area contributed by atoms with Gasteiger partial charge in [-0.1, -0.05) is 13.8 Å². The highest BCUT2D eigenvalue weighted by Crippen LogP contribution is 2.50. The summed E-state index contributed by atoms with van der Waals surface area (Å²) in [4.78, 5) is 20.5. The van der Waals surface area contributed by atoms with Crippen LogP contribution in [0, 0.1) is 5.41 Å². The third kappa shape index (κ3) is 2.45. The summed E-state index contributed by atoms with van der Waals surface area (Å²) in [6.07, 6.45) is 3.51. The van der Waals surface area contributed by atoms with Crippen LogP contribution in [-0.2, 0) is 9.53 Å². The van der Waals surface area contributed by atoms with E-state index in [0.717, 1.165) is 0 Å². The number of halogens is 1. The minimum atomic E-state index is -0.957. The normalized spacial score (nSPS) is 27.8. The fraction of sp³-hybridized carbons (Fsp3) is 0.615. The number of nitrogens with two attached hydrogens (primary N) is 1. The van der Waals surface area contributed by atoms with Gasteiger partial charge in [0.15, 0.2) is 5.82 Å². The molecular weight excluding hydrogens is 324 g/mol. The molecule has 1 aromatic heterocycles. The Morgan fingerprint density at radius 1 is 1.55 bits per heavy atom. The summed E-state index contributed by atoms with van der Waals surface area (Å²) in [5, 5.41) is 2.72. The molecule has 0 bridgehead atoms. The SMILES string of the molecule is CCOC1CC(N)(C(=O)Nc2cnc(Br)cn2)C1(C)C. The quantitative estimate of drug-likeness (QED) is 0.869. The molecule has 1 amide bonds. The van der Waals surface area contributed by atoms with Crippen molar-refractivity contribution in [1.29, 1.82) is 0 Å². The fourth-order valence-corrected chi connectivity index (χ4v) is 2.63. The van der Waals surface area contributed by atoms with Crippen LogP contribution in [0.5, 0.6) is 0 Å². The first-order valence-electron chi connectivity index (χ1n) is 6.50. The predicted octanol–water partition coefficient (Wildman–Crippen LogP) is 1.71. The lowest BCUT2D eigenvalue weighted by Gasteiger charge is -2.57. The van der Waals surface area contributed by atoms with Crippen molar-refractivity contribution in [3.8, 4) is 0 Å². The van der Waals surface area contributed by atoms with Gasteiger partial charge in [0.05, 0.1) is 18.5 Å². The van der Waals surface area contributed by atoms with E-state index in [4.69, 9.17) is 10.5 Å². The molecule has 2 atom stereocenters. The number of amides is 1. The average Bonchev–Trinajstić information content (AvgIpc) is 2.40. The van der Waals surface area contributed by atoms with Crippen LogP contribution < -0.4 is 11.1 Å². The van der Waals surface area contributed by atoms with Gasteiger partial charge in [0, 0.05) is 18.4 Å². The molecule has 1 heterocycles. The highest BCUT2D eigenvalue weighted by atomic mass is 79.9. The minimum absolute atomic E-state index is 0.000693. The van der Waals surface area contributed by atoms with Crippen molar-refractivity contribution in [2.75, 3.05) is 11.9 Å². The van der Waals surface area contributed by atoms with Gasteiger partial charge < -0.3 is 15.8 Å². The summed E-state index contributed by atoms with van der Waals surface area (Å²) in [7, 11) is 0. The first kappa shape index (κ1) is 15.3. The number of anilines is 1. The van der Waals surface area contributed by atoms with E-state index in [2.05, 4.69) is 31.2 Å². The second-order valence-corrected chi connectivity index (χ2v) is 6.33. The lowest BCUT2D eigenvalue weighted by Crippen LogP contribution is -2.74. The third-order valence-corrected chi connectivity index (χ3v) is 4.51. The Hall–Kier alpha value is -1.05. The fourth-order valence-electron chi connectivity index (χ4n) is 2.43. The summed E-state index contributed by atoms with van der Waals surface area (Å²) in [5.74, 6) is 0.133. The molecule has 1 aromatic rings. The van der Waals surface area contributed by atoms with Crippen molar-refractivity contribution in [1.82, 2.24) is 9.97 Å². The van der Waals surface area contributed by atoms with Crippen LogP contribution in [0.2, 0.25) is 0 Å². The lowest BCUT2D eigenvalue weighted by atomic mass is 9.54. The lowest BCUT2D eigenvalue weighted by molar-refractivity contribution is -0.166. The number of hydrogen-bond acceptors (Lipinski definition) is 5. The Bertz CT molecular complexity index is 506. The summed E-state index contributed by atoms with van der Waals surface area (Å²) in [5.41, 5.74) is 4.90. The number of hydrogen-bond donors (Lipinski definition) is 2. The summed E-state index contributed by atoms with van der Waals surface area (Å²) < 4.78 is 6.22. The zero-order valence-electron chi connectivity index (χ0n) is 11.8. The van der Waals surface area contributed by atoms with Crippen molar-refractivity contribution in [2.24, 2.45) is 11.1 Å². The predicted molar refractivity (Wildman–Crippen MR) is 79.1 cm³/mol. The standard InChI is InChI=1S/C13H19BrN4O2/c1-4-20-8-5-13(15,12(8,2)3)11(19)18-10-7-16-9(14)6-17-10/h6-8H,4-5,15H2,1-3H3,(H,17,18,19). The van der Waals surface area contributed by atoms with Gasteiger partial charge in [0.2, 0.25) is 5.91 Å². The number of rotatable bonds is 4. The Morgan fingerprint density at radius 2 is 2.25 bits per heavy atom. The smallest absolute Gasteiger partial charge is 0.246 e. The topological polar surface area (TPSA) is 90.1 Å². The van der Waals surface area contributed by atoms with E-state index in [0.29, 0.717) is 23.4 Å². The van der Waals surface area contributed by atoms with Gasteiger partial charge in [-0.3, -0.25) is 4.79 Å². The zero-order valence-corrected chi connectivity index (χ0v) is 13.4. The van der Waals surface area contributed by atoms with Crippen LogP contribution in [0.1, 0.15) is 27.2 Å². The van der Waals surface area contributed by atoms with E-state index in [-0.39, 0.29) is 12.0 Å².